The van der Waals surface area contributed by atoms with Crippen LogP contribution < -0.4 is 5.32 Å². The second-order valence-corrected chi connectivity index (χ2v) is 4.57. The van der Waals surface area contributed by atoms with Gasteiger partial charge >= 0.3 is 0 Å². The van der Waals surface area contributed by atoms with Crippen LogP contribution in [0.2, 0.25) is 0 Å². The molecule has 0 atom stereocenters. The molecule has 0 aromatic heterocycles. The highest BCUT2D eigenvalue weighted by Gasteiger charge is 2.33. The summed E-state index contributed by atoms with van der Waals surface area (Å²) in [6.45, 7) is 4.38. The standard InChI is InChI=1S/C11H21N3O2/c1-9(15)14-7-10(8-14)11(16)12-5-4-6-13(2)3/h10H,4-8H2,1-3H3,(H,12,16). The number of carbonyl (C=O) groups is 2. The van der Waals surface area contributed by atoms with Gasteiger partial charge in [0.15, 0.2) is 0 Å². The van der Waals surface area contributed by atoms with Gasteiger partial charge in [0.1, 0.15) is 0 Å². The van der Waals surface area contributed by atoms with E-state index in [0.29, 0.717) is 19.6 Å². The second kappa shape index (κ2) is 5.84. The lowest BCUT2D eigenvalue weighted by molar-refractivity contribution is -0.141. The molecule has 1 fully saturated rings. The van der Waals surface area contributed by atoms with Gasteiger partial charge in [-0.15, -0.1) is 0 Å². The van der Waals surface area contributed by atoms with Crippen molar-refractivity contribution in [1.29, 1.82) is 0 Å². The Hall–Kier alpha value is -1.10. The van der Waals surface area contributed by atoms with Gasteiger partial charge in [-0.1, -0.05) is 0 Å². The quantitative estimate of drug-likeness (QED) is 0.646. The van der Waals surface area contributed by atoms with E-state index in [-0.39, 0.29) is 17.7 Å². The summed E-state index contributed by atoms with van der Waals surface area (Å²) in [7, 11) is 4.02. The van der Waals surface area contributed by atoms with Crippen molar-refractivity contribution in [3.05, 3.63) is 0 Å². The first-order valence-electron chi connectivity index (χ1n) is 5.68. The first-order valence-corrected chi connectivity index (χ1v) is 5.68. The van der Waals surface area contributed by atoms with Crippen molar-refractivity contribution < 1.29 is 9.59 Å². The van der Waals surface area contributed by atoms with Gasteiger partial charge in [-0.25, -0.2) is 0 Å². The van der Waals surface area contributed by atoms with E-state index in [1.807, 2.05) is 14.1 Å². The molecule has 1 aliphatic rings. The summed E-state index contributed by atoms with van der Waals surface area (Å²) >= 11 is 0. The Morgan fingerprint density at radius 1 is 1.38 bits per heavy atom. The fraction of sp³-hybridized carbons (Fsp3) is 0.818. The van der Waals surface area contributed by atoms with Gasteiger partial charge < -0.3 is 15.1 Å². The van der Waals surface area contributed by atoms with Crippen molar-refractivity contribution in [3.63, 3.8) is 0 Å². The number of nitrogens with zero attached hydrogens (tertiary/aromatic N) is 2. The molecule has 1 N–H and O–H groups in total. The van der Waals surface area contributed by atoms with Crippen LogP contribution in [0.5, 0.6) is 0 Å². The minimum Gasteiger partial charge on any atom is -0.356 e. The highest BCUT2D eigenvalue weighted by molar-refractivity contribution is 5.83. The molecular formula is C11H21N3O2. The predicted molar refractivity (Wildman–Crippen MR) is 61.9 cm³/mol. The molecule has 0 bridgehead atoms. The Morgan fingerprint density at radius 2 is 2.00 bits per heavy atom. The molecule has 92 valence electrons. The van der Waals surface area contributed by atoms with Crippen molar-refractivity contribution in [3.8, 4) is 0 Å². The first kappa shape index (κ1) is 13.0. The van der Waals surface area contributed by atoms with Gasteiger partial charge in [-0.2, -0.15) is 0 Å². The zero-order chi connectivity index (χ0) is 12.1. The molecule has 0 unspecified atom stereocenters. The number of hydrogen-bond donors (Lipinski definition) is 1. The van der Waals surface area contributed by atoms with Crippen LogP contribution in [0.1, 0.15) is 13.3 Å². The fourth-order valence-electron chi connectivity index (χ4n) is 1.65. The highest BCUT2D eigenvalue weighted by atomic mass is 16.2. The number of hydrogen-bond acceptors (Lipinski definition) is 3. The molecule has 0 spiro atoms. The van der Waals surface area contributed by atoms with Crippen molar-refractivity contribution in [2.75, 3.05) is 40.3 Å². The maximum atomic E-state index is 11.6. The third-order valence-electron chi connectivity index (χ3n) is 2.78. The van der Waals surface area contributed by atoms with Crippen molar-refractivity contribution in [2.24, 2.45) is 5.92 Å². The van der Waals surface area contributed by atoms with Crippen LogP contribution in [0, 0.1) is 5.92 Å². The summed E-state index contributed by atoms with van der Waals surface area (Å²) in [5, 5.41) is 2.90. The Labute approximate surface area is 96.8 Å². The molecule has 0 saturated carbocycles. The third kappa shape index (κ3) is 3.81. The van der Waals surface area contributed by atoms with Gasteiger partial charge in [-0.05, 0) is 27.1 Å². The van der Waals surface area contributed by atoms with Crippen LogP contribution in [0.3, 0.4) is 0 Å². The fourth-order valence-corrected chi connectivity index (χ4v) is 1.65. The molecule has 5 nitrogen and oxygen atoms in total. The van der Waals surface area contributed by atoms with Gasteiger partial charge in [-0.3, -0.25) is 9.59 Å². The smallest absolute Gasteiger partial charge is 0.226 e. The van der Waals surface area contributed by atoms with E-state index in [1.54, 1.807) is 4.90 Å². The molecule has 0 aromatic rings. The molecule has 0 aliphatic carbocycles. The molecule has 0 radical (unpaired) electrons. The number of rotatable bonds is 5. The Bertz CT molecular complexity index is 260. The van der Waals surface area contributed by atoms with Crippen molar-refractivity contribution in [2.45, 2.75) is 13.3 Å². The van der Waals surface area contributed by atoms with E-state index in [2.05, 4.69) is 10.2 Å². The van der Waals surface area contributed by atoms with Gasteiger partial charge in [0.05, 0.1) is 5.92 Å². The van der Waals surface area contributed by atoms with Crippen LogP contribution >= 0.6 is 0 Å². The lowest BCUT2D eigenvalue weighted by atomic mass is 9.99. The molecule has 0 aromatic carbocycles. The average Bonchev–Trinajstić information content (AvgIpc) is 2.08. The van der Waals surface area contributed by atoms with Crippen LogP contribution in [-0.4, -0.2) is 61.9 Å². The molecule has 5 heteroatoms. The van der Waals surface area contributed by atoms with Crippen LogP contribution in [0.15, 0.2) is 0 Å². The van der Waals surface area contributed by atoms with Gasteiger partial charge in [0.2, 0.25) is 11.8 Å². The highest BCUT2D eigenvalue weighted by Crippen LogP contribution is 2.15. The topological polar surface area (TPSA) is 52.7 Å². The average molecular weight is 227 g/mol. The van der Waals surface area contributed by atoms with E-state index in [0.717, 1.165) is 13.0 Å². The maximum absolute atomic E-state index is 11.6. The largest absolute Gasteiger partial charge is 0.356 e. The minimum atomic E-state index is 0.00301. The van der Waals surface area contributed by atoms with E-state index >= 15 is 0 Å². The van der Waals surface area contributed by atoms with Crippen molar-refractivity contribution >= 4 is 11.8 Å². The summed E-state index contributed by atoms with van der Waals surface area (Å²) < 4.78 is 0. The predicted octanol–water partition coefficient (Wildman–Crippen LogP) is -0.467. The lowest BCUT2D eigenvalue weighted by Crippen LogP contribution is -2.55. The lowest BCUT2D eigenvalue weighted by Gasteiger charge is -2.37. The molecule has 1 aliphatic heterocycles. The van der Waals surface area contributed by atoms with E-state index < -0.39 is 0 Å². The Morgan fingerprint density at radius 3 is 2.50 bits per heavy atom. The molecule has 16 heavy (non-hydrogen) atoms. The number of carbonyl (C=O) groups excluding carboxylic acids is 2. The summed E-state index contributed by atoms with van der Waals surface area (Å²) in [5.41, 5.74) is 0. The molecule has 1 rings (SSSR count). The molecule has 2 amide bonds. The Balaban J connectivity index is 2.07. The van der Waals surface area contributed by atoms with Gasteiger partial charge in [0, 0.05) is 26.6 Å². The van der Waals surface area contributed by atoms with E-state index in [4.69, 9.17) is 0 Å². The first-order chi connectivity index (χ1) is 7.50. The maximum Gasteiger partial charge on any atom is 0.226 e. The van der Waals surface area contributed by atoms with Gasteiger partial charge in [0.25, 0.3) is 0 Å². The van der Waals surface area contributed by atoms with Crippen LogP contribution in [0.4, 0.5) is 0 Å². The zero-order valence-corrected chi connectivity index (χ0v) is 10.3. The summed E-state index contributed by atoms with van der Waals surface area (Å²) in [4.78, 5) is 26.3. The minimum absolute atomic E-state index is 0.00301. The summed E-state index contributed by atoms with van der Waals surface area (Å²) in [5.74, 6) is 0.135. The van der Waals surface area contributed by atoms with E-state index in [1.165, 1.54) is 6.92 Å². The summed E-state index contributed by atoms with van der Waals surface area (Å²) in [6.07, 6.45) is 0.960. The zero-order valence-electron chi connectivity index (χ0n) is 10.3. The second-order valence-electron chi connectivity index (χ2n) is 4.57. The number of amides is 2. The summed E-state index contributed by atoms with van der Waals surface area (Å²) in [6, 6.07) is 0. The van der Waals surface area contributed by atoms with Crippen LogP contribution in [-0.2, 0) is 9.59 Å². The Kier molecular flexibility index (Phi) is 4.73. The molecule has 1 saturated heterocycles. The molecule has 1 heterocycles. The van der Waals surface area contributed by atoms with Crippen molar-refractivity contribution in [1.82, 2.24) is 15.1 Å². The number of nitrogens with one attached hydrogen (secondary N) is 1. The van der Waals surface area contributed by atoms with E-state index in [9.17, 15) is 9.59 Å². The monoisotopic (exact) mass is 227 g/mol. The SMILES string of the molecule is CC(=O)N1CC(C(=O)NCCCN(C)C)C1. The molecular weight excluding hydrogens is 206 g/mol. The van der Waals surface area contributed by atoms with Crippen LogP contribution in [0.25, 0.3) is 0 Å². The normalized spacial score (nSPS) is 16.1. The third-order valence-corrected chi connectivity index (χ3v) is 2.78. The number of likely N-dealkylation sites (tertiary alicyclic amines) is 1.